The van der Waals surface area contributed by atoms with Crippen molar-refractivity contribution in [3.63, 3.8) is 0 Å². The second-order valence-corrected chi connectivity index (χ2v) is 3.71. The number of nitrogens with zero attached hydrogens (tertiary/aromatic N) is 1. The second kappa shape index (κ2) is 8.68. The topological polar surface area (TPSA) is 77.5 Å². The predicted octanol–water partition coefficient (Wildman–Crippen LogP) is 1.14. The lowest BCUT2D eigenvalue weighted by molar-refractivity contribution is -0.142. The smallest absolute Gasteiger partial charge is 0.332 e. The van der Waals surface area contributed by atoms with Crippen LogP contribution >= 0.6 is 0 Å². The quantitative estimate of drug-likeness (QED) is 0.595. The standard InChI is InChI=1S/C14H18N2O4/c1-3-19-13(17)8-12(11-6-5-7-15-9-11)16-10-14(18)20-4-2/h5-9,16H,3-4,10H2,1-2H3/b12-8-. The van der Waals surface area contributed by atoms with Crippen LogP contribution in [0.15, 0.2) is 30.6 Å². The molecule has 0 saturated carbocycles. The Balaban J connectivity index is 2.80. The number of ether oxygens (including phenoxy) is 2. The first-order chi connectivity index (χ1) is 9.67. The molecule has 1 heterocycles. The van der Waals surface area contributed by atoms with Gasteiger partial charge in [0.15, 0.2) is 0 Å². The Morgan fingerprint density at radius 1 is 1.30 bits per heavy atom. The number of carbonyl (C=O) groups is 2. The minimum atomic E-state index is -0.484. The van der Waals surface area contributed by atoms with E-state index in [-0.39, 0.29) is 13.2 Å². The molecular formula is C14H18N2O4. The summed E-state index contributed by atoms with van der Waals surface area (Å²) < 4.78 is 9.68. The van der Waals surface area contributed by atoms with Crippen molar-refractivity contribution in [3.05, 3.63) is 36.2 Å². The largest absolute Gasteiger partial charge is 0.465 e. The minimum Gasteiger partial charge on any atom is -0.465 e. The summed E-state index contributed by atoms with van der Waals surface area (Å²) in [4.78, 5) is 26.8. The fourth-order valence-corrected chi connectivity index (χ4v) is 1.44. The molecule has 0 fully saturated rings. The molecule has 0 radical (unpaired) electrons. The number of hydrogen-bond acceptors (Lipinski definition) is 6. The molecule has 0 saturated heterocycles. The van der Waals surface area contributed by atoms with E-state index < -0.39 is 11.9 Å². The summed E-state index contributed by atoms with van der Waals surface area (Å²) >= 11 is 0. The normalized spacial score (nSPS) is 10.8. The van der Waals surface area contributed by atoms with Crippen LogP contribution in [-0.2, 0) is 19.1 Å². The highest BCUT2D eigenvalue weighted by molar-refractivity contribution is 5.91. The average molecular weight is 278 g/mol. The van der Waals surface area contributed by atoms with Gasteiger partial charge >= 0.3 is 11.9 Å². The highest BCUT2D eigenvalue weighted by Gasteiger charge is 2.08. The van der Waals surface area contributed by atoms with Crippen LogP contribution in [-0.4, -0.2) is 36.7 Å². The molecule has 1 N–H and O–H groups in total. The van der Waals surface area contributed by atoms with Crippen LogP contribution in [0.4, 0.5) is 0 Å². The molecule has 0 aliphatic heterocycles. The lowest BCUT2D eigenvalue weighted by atomic mass is 10.2. The Kier molecular flexibility index (Phi) is 6.81. The zero-order valence-corrected chi connectivity index (χ0v) is 11.6. The summed E-state index contributed by atoms with van der Waals surface area (Å²) in [6, 6.07) is 3.51. The minimum absolute atomic E-state index is 0.0338. The number of pyridine rings is 1. The van der Waals surface area contributed by atoms with Crippen LogP contribution in [0.25, 0.3) is 5.70 Å². The van der Waals surface area contributed by atoms with Crippen LogP contribution in [0.5, 0.6) is 0 Å². The Hall–Kier alpha value is -2.37. The monoisotopic (exact) mass is 278 g/mol. The van der Waals surface area contributed by atoms with Crippen molar-refractivity contribution >= 4 is 17.6 Å². The summed E-state index contributed by atoms with van der Waals surface area (Å²) in [5.74, 6) is -0.881. The summed E-state index contributed by atoms with van der Waals surface area (Å²) in [5, 5.41) is 2.86. The van der Waals surface area contributed by atoms with Crippen LogP contribution in [0.1, 0.15) is 19.4 Å². The van der Waals surface area contributed by atoms with Crippen molar-refractivity contribution in [1.82, 2.24) is 10.3 Å². The van der Waals surface area contributed by atoms with Gasteiger partial charge in [-0.1, -0.05) is 0 Å². The number of rotatable bonds is 7. The van der Waals surface area contributed by atoms with Crippen LogP contribution in [0.2, 0.25) is 0 Å². The fourth-order valence-electron chi connectivity index (χ4n) is 1.44. The van der Waals surface area contributed by atoms with Gasteiger partial charge in [-0.05, 0) is 26.0 Å². The highest BCUT2D eigenvalue weighted by Crippen LogP contribution is 2.09. The van der Waals surface area contributed by atoms with Gasteiger partial charge in [0.05, 0.1) is 18.9 Å². The molecule has 6 heteroatoms. The third-order valence-corrected chi connectivity index (χ3v) is 2.25. The van der Waals surface area contributed by atoms with Gasteiger partial charge in [0, 0.05) is 24.0 Å². The SMILES string of the molecule is CCOC(=O)/C=C(\NCC(=O)OCC)c1cccnc1. The maximum Gasteiger partial charge on any atom is 0.332 e. The summed E-state index contributed by atoms with van der Waals surface area (Å²) in [6.45, 7) is 4.02. The van der Waals surface area contributed by atoms with E-state index in [4.69, 9.17) is 9.47 Å². The van der Waals surface area contributed by atoms with E-state index in [1.807, 2.05) is 0 Å². The lowest BCUT2D eigenvalue weighted by Crippen LogP contribution is -2.24. The van der Waals surface area contributed by atoms with Crippen LogP contribution in [0.3, 0.4) is 0 Å². The maximum absolute atomic E-state index is 11.5. The second-order valence-electron chi connectivity index (χ2n) is 3.71. The molecule has 0 spiro atoms. The van der Waals surface area contributed by atoms with Gasteiger partial charge in [-0.2, -0.15) is 0 Å². The zero-order chi connectivity index (χ0) is 14.8. The fraction of sp³-hybridized carbons (Fsp3) is 0.357. The van der Waals surface area contributed by atoms with E-state index in [9.17, 15) is 9.59 Å². The van der Waals surface area contributed by atoms with Gasteiger partial charge in [-0.15, -0.1) is 0 Å². The predicted molar refractivity (Wildman–Crippen MR) is 73.5 cm³/mol. The van der Waals surface area contributed by atoms with E-state index in [0.29, 0.717) is 17.9 Å². The highest BCUT2D eigenvalue weighted by atomic mass is 16.5. The molecule has 1 aromatic rings. The Morgan fingerprint density at radius 2 is 2.05 bits per heavy atom. The molecule has 0 bridgehead atoms. The van der Waals surface area contributed by atoms with E-state index >= 15 is 0 Å². The van der Waals surface area contributed by atoms with Crippen molar-refractivity contribution in [1.29, 1.82) is 0 Å². The van der Waals surface area contributed by atoms with Gasteiger partial charge in [0.2, 0.25) is 0 Å². The molecule has 0 amide bonds. The third-order valence-electron chi connectivity index (χ3n) is 2.25. The molecule has 108 valence electrons. The van der Waals surface area contributed by atoms with Gasteiger partial charge in [-0.25, -0.2) is 4.79 Å². The van der Waals surface area contributed by atoms with Crippen molar-refractivity contribution < 1.29 is 19.1 Å². The van der Waals surface area contributed by atoms with E-state index in [2.05, 4.69) is 10.3 Å². The zero-order valence-electron chi connectivity index (χ0n) is 11.6. The Bertz CT molecular complexity index is 471. The summed E-state index contributed by atoms with van der Waals surface area (Å²) in [7, 11) is 0. The first-order valence-corrected chi connectivity index (χ1v) is 6.35. The van der Waals surface area contributed by atoms with Crippen molar-refractivity contribution in [2.24, 2.45) is 0 Å². The number of carbonyl (C=O) groups excluding carboxylic acids is 2. The molecular weight excluding hydrogens is 260 g/mol. The maximum atomic E-state index is 11.5. The van der Waals surface area contributed by atoms with Crippen LogP contribution < -0.4 is 5.32 Å². The molecule has 20 heavy (non-hydrogen) atoms. The average Bonchev–Trinajstić information content (AvgIpc) is 2.45. The molecule has 6 nitrogen and oxygen atoms in total. The van der Waals surface area contributed by atoms with Crippen molar-refractivity contribution in [3.8, 4) is 0 Å². The van der Waals surface area contributed by atoms with Gasteiger partial charge in [0.25, 0.3) is 0 Å². The molecule has 0 atom stereocenters. The number of hydrogen-bond donors (Lipinski definition) is 1. The Morgan fingerprint density at radius 3 is 2.65 bits per heavy atom. The summed E-state index contributed by atoms with van der Waals surface area (Å²) in [5.41, 5.74) is 1.15. The summed E-state index contributed by atoms with van der Waals surface area (Å²) in [6.07, 6.45) is 4.50. The lowest BCUT2D eigenvalue weighted by Gasteiger charge is -2.10. The number of esters is 2. The molecule has 0 unspecified atom stereocenters. The van der Waals surface area contributed by atoms with E-state index in [0.717, 1.165) is 0 Å². The van der Waals surface area contributed by atoms with Crippen molar-refractivity contribution in [2.75, 3.05) is 19.8 Å². The van der Waals surface area contributed by atoms with Crippen molar-refractivity contribution in [2.45, 2.75) is 13.8 Å². The molecule has 0 aromatic carbocycles. The van der Waals surface area contributed by atoms with Gasteiger partial charge in [-0.3, -0.25) is 9.78 Å². The molecule has 1 rings (SSSR count). The van der Waals surface area contributed by atoms with E-state index in [1.165, 1.54) is 6.08 Å². The molecule has 0 aliphatic rings. The van der Waals surface area contributed by atoms with Gasteiger partial charge in [0.1, 0.15) is 6.54 Å². The molecule has 0 aliphatic carbocycles. The number of aromatic nitrogens is 1. The van der Waals surface area contributed by atoms with Gasteiger partial charge < -0.3 is 14.8 Å². The first kappa shape index (κ1) is 15.7. The first-order valence-electron chi connectivity index (χ1n) is 6.35. The van der Waals surface area contributed by atoms with E-state index in [1.54, 1.807) is 38.4 Å². The Labute approximate surface area is 117 Å². The van der Waals surface area contributed by atoms with Crippen LogP contribution in [0, 0.1) is 0 Å². The number of nitrogens with one attached hydrogen (secondary N) is 1. The third kappa shape index (κ3) is 5.51. The molecule has 1 aromatic heterocycles.